The molecule has 0 amide bonds. The van der Waals surface area contributed by atoms with Crippen LogP contribution < -0.4 is 5.32 Å². The van der Waals surface area contributed by atoms with Gasteiger partial charge in [0.05, 0.1) is 0 Å². The first kappa shape index (κ1) is 17.6. The SMILES string of the molecule is CCCC(C)(CNCC(C)C)Cc1cc(F)ccc1Br. The van der Waals surface area contributed by atoms with Gasteiger partial charge in [0.1, 0.15) is 5.82 Å². The standard InChI is InChI=1S/C17H27BrFN/c1-5-8-17(4,12-20-11-13(2)3)10-14-9-15(19)6-7-16(14)18/h6-7,9,13,20H,5,8,10-12H2,1-4H3. The quantitative estimate of drug-likeness (QED) is 0.685. The first-order valence-electron chi connectivity index (χ1n) is 7.51. The van der Waals surface area contributed by atoms with Gasteiger partial charge in [0, 0.05) is 11.0 Å². The summed E-state index contributed by atoms with van der Waals surface area (Å²) in [7, 11) is 0. The molecule has 1 rings (SSSR count). The molecule has 1 N–H and O–H groups in total. The lowest BCUT2D eigenvalue weighted by Crippen LogP contribution is -2.35. The highest BCUT2D eigenvalue weighted by Gasteiger charge is 2.24. The van der Waals surface area contributed by atoms with Crippen molar-refractivity contribution in [2.75, 3.05) is 13.1 Å². The fraction of sp³-hybridized carbons (Fsp3) is 0.647. The fourth-order valence-electron chi connectivity index (χ4n) is 2.64. The summed E-state index contributed by atoms with van der Waals surface area (Å²) in [6.07, 6.45) is 3.18. The zero-order valence-electron chi connectivity index (χ0n) is 13.1. The van der Waals surface area contributed by atoms with Crippen molar-refractivity contribution in [3.05, 3.63) is 34.1 Å². The summed E-state index contributed by atoms with van der Waals surface area (Å²) in [5.41, 5.74) is 1.23. The molecule has 0 saturated heterocycles. The molecule has 1 aromatic carbocycles. The van der Waals surface area contributed by atoms with E-state index in [9.17, 15) is 4.39 Å². The molecule has 0 fully saturated rings. The molecule has 20 heavy (non-hydrogen) atoms. The smallest absolute Gasteiger partial charge is 0.123 e. The van der Waals surface area contributed by atoms with E-state index in [1.165, 1.54) is 6.07 Å². The lowest BCUT2D eigenvalue weighted by Gasteiger charge is -2.31. The molecule has 114 valence electrons. The van der Waals surface area contributed by atoms with E-state index in [2.05, 4.69) is 48.9 Å². The predicted octanol–water partition coefficient (Wildman–Crippen LogP) is 5.18. The minimum atomic E-state index is -0.155. The van der Waals surface area contributed by atoms with E-state index in [-0.39, 0.29) is 11.2 Å². The molecule has 0 bridgehead atoms. The maximum absolute atomic E-state index is 13.4. The van der Waals surface area contributed by atoms with Crippen molar-refractivity contribution in [2.45, 2.75) is 47.0 Å². The molecule has 3 heteroatoms. The Morgan fingerprint density at radius 2 is 2.05 bits per heavy atom. The number of nitrogens with one attached hydrogen (secondary N) is 1. The summed E-state index contributed by atoms with van der Waals surface area (Å²) in [6.45, 7) is 10.9. The first-order valence-corrected chi connectivity index (χ1v) is 8.30. The van der Waals surface area contributed by atoms with Crippen LogP contribution in [0.3, 0.4) is 0 Å². The van der Waals surface area contributed by atoms with E-state index in [1.54, 1.807) is 12.1 Å². The summed E-state index contributed by atoms with van der Waals surface area (Å²) < 4.78 is 14.4. The van der Waals surface area contributed by atoms with Crippen LogP contribution in [0.1, 0.15) is 46.1 Å². The van der Waals surface area contributed by atoms with Gasteiger partial charge in [-0.15, -0.1) is 0 Å². The summed E-state index contributed by atoms with van der Waals surface area (Å²) in [5, 5.41) is 3.56. The Kier molecular flexibility index (Phi) is 7.18. The van der Waals surface area contributed by atoms with Crippen LogP contribution >= 0.6 is 15.9 Å². The highest BCUT2D eigenvalue weighted by Crippen LogP contribution is 2.31. The summed E-state index contributed by atoms with van der Waals surface area (Å²) in [6, 6.07) is 4.96. The lowest BCUT2D eigenvalue weighted by atomic mass is 9.79. The average molecular weight is 344 g/mol. The maximum Gasteiger partial charge on any atom is 0.123 e. The Balaban J connectivity index is 2.76. The van der Waals surface area contributed by atoms with Crippen molar-refractivity contribution >= 4 is 15.9 Å². The molecule has 0 aliphatic carbocycles. The van der Waals surface area contributed by atoms with Gasteiger partial charge in [-0.2, -0.15) is 0 Å². The van der Waals surface area contributed by atoms with Crippen LogP contribution in [0.4, 0.5) is 4.39 Å². The van der Waals surface area contributed by atoms with Gasteiger partial charge in [0.2, 0.25) is 0 Å². The largest absolute Gasteiger partial charge is 0.316 e. The second kappa shape index (κ2) is 8.14. The zero-order valence-corrected chi connectivity index (χ0v) is 14.7. The van der Waals surface area contributed by atoms with Crippen LogP contribution in [0.5, 0.6) is 0 Å². The van der Waals surface area contributed by atoms with E-state index in [4.69, 9.17) is 0 Å². The molecule has 0 radical (unpaired) electrons. The van der Waals surface area contributed by atoms with Crippen molar-refractivity contribution < 1.29 is 4.39 Å². The maximum atomic E-state index is 13.4. The van der Waals surface area contributed by atoms with Crippen LogP contribution in [0.25, 0.3) is 0 Å². The van der Waals surface area contributed by atoms with Crippen molar-refractivity contribution in [1.29, 1.82) is 0 Å². The van der Waals surface area contributed by atoms with Crippen LogP contribution in [0, 0.1) is 17.2 Å². The van der Waals surface area contributed by atoms with Gasteiger partial charge in [-0.3, -0.25) is 0 Å². The number of hydrogen-bond donors (Lipinski definition) is 1. The molecule has 1 nitrogen and oxygen atoms in total. The van der Waals surface area contributed by atoms with Gasteiger partial charge >= 0.3 is 0 Å². The number of hydrogen-bond acceptors (Lipinski definition) is 1. The number of rotatable bonds is 8. The Bertz CT molecular complexity index is 419. The second-order valence-corrected chi connectivity index (χ2v) is 7.35. The summed E-state index contributed by atoms with van der Waals surface area (Å²) in [4.78, 5) is 0. The highest BCUT2D eigenvalue weighted by molar-refractivity contribution is 9.10. The molecule has 1 aromatic rings. The van der Waals surface area contributed by atoms with Gasteiger partial charge in [-0.05, 0) is 54.5 Å². The molecule has 0 spiro atoms. The minimum absolute atomic E-state index is 0.155. The number of halogens is 2. The van der Waals surface area contributed by atoms with Crippen molar-refractivity contribution in [2.24, 2.45) is 11.3 Å². The molecule has 0 aromatic heterocycles. The van der Waals surface area contributed by atoms with Crippen LogP contribution in [0.2, 0.25) is 0 Å². The van der Waals surface area contributed by atoms with Gasteiger partial charge in [0.25, 0.3) is 0 Å². The van der Waals surface area contributed by atoms with Crippen LogP contribution in [0.15, 0.2) is 22.7 Å². The van der Waals surface area contributed by atoms with E-state index in [0.29, 0.717) is 5.92 Å². The Morgan fingerprint density at radius 3 is 2.65 bits per heavy atom. The molecule has 0 saturated carbocycles. The normalized spacial score (nSPS) is 14.6. The molecule has 1 unspecified atom stereocenters. The summed E-state index contributed by atoms with van der Waals surface area (Å²) in [5.74, 6) is 0.499. The minimum Gasteiger partial charge on any atom is -0.316 e. The van der Waals surface area contributed by atoms with Crippen molar-refractivity contribution in [1.82, 2.24) is 5.32 Å². The average Bonchev–Trinajstić information content (AvgIpc) is 2.33. The number of benzene rings is 1. The zero-order chi connectivity index (χ0) is 15.2. The van der Waals surface area contributed by atoms with E-state index in [0.717, 1.165) is 42.4 Å². The molecule has 1 atom stereocenters. The highest BCUT2D eigenvalue weighted by atomic mass is 79.9. The predicted molar refractivity (Wildman–Crippen MR) is 88.5 cm³/mol. The fourth-order valence-corrected chi connectivity index (χ4v) is 3.03. The Morgan fingerprint density at radius 1 is 1.35 bits per heavy atom. The van der Waals surface area contributed by atoms with Gasteiger partial charge in [-0.1, -0.05) is 50.0 Å². The third-order valence-electron chi connectivity index (χ3n) is 3.58. The van der Waals surface area contributed by atoms with E-state index < -0.39 is 0 Å². The second-order valence-electron chi connectivity index (χ2n) is 6.50. The van der Waals surface area contributed by atoms with Gasteiger partial charge in [-0.25, -0.2) is 4.39 Å². The molecular weight excluding hydrogens is 317 g/mol. The van der Waals surface area contributed by atoms with Crippen molar-refractivity contribution in [3.8, 4) is 0 Å². The molecule has 0 aliphatic rings. The van der Waals surface area contributed by atoms with Gasteiger partial charge in [0.15, 0.2) is 0 Å². The molecule has 0 heterocycles. The van der Waals surface area contributed by atoms with E-state index >= 15 is 0 Å². The van der Waals surface area contributed by atoms with Gasteiger partial charge < -0.3 is 5.32 Å². The van der Waals surface area contributed by atoms with Crippen LogP contribution in [-0.2, 0) is 6.42 Å². The lowest BCUT2D eigenvalue weighted by molar-refractivity contribution is 0.270. The Hall–Kier alpha value is -0.410. The Labute approximate surface area is 131 Å². The van der Waals surface area contributed by atoms with Crippen LogP contribution in [-0.4, -0.2) is 13.1 Å². The van der Waals surface area contributed by atoms with E-state index in [1.807, 2.05) is 0 Å². The van der Waals surface area contributed by atoms with Crippen molar-refractivity contribution in [3.63, 3.8) is 0 Å². The molecule has 0 aliphatic heterocycles. The monoisotopic (exact) mass is 343 g/mol. The first-order chi connectivity index (χ1) is 9.36. The topological polar surface area (TPSA) is 12.0 Å². The summed E-state index contributed by atoms with van der Waals surface area (Å²) >= 11 is 3.54. The third-order valence-corrected chi connectivity index (χ3v) is 4.36. The third kappa shape index (κ3) is 5.92. The molecular formula is C17H27BrFN.